The number of urea groups is 1. The Kier molecular flexibility index (Phi) is 19.6. The summed E-state index contributed by atoms with van der Waals surface area (Å²) in [6, 6.07) is 5.38. The van der Waals surface area contributed by atoms with Crippen LogP contribution in [0.1, 0.15) is 109 Å². The zero-order valence-corrected chi connectivity index (χ0v) is 22.4. The molecule has 200 valence electrons. The van der Waals surface area contributed by atoms with Gasteiger partial charge in [-0.3, -0.25) is 0 Å². The number of unbranched alkanes of at least 4 members (excludes halogenated alkanes) is 14. The summed E-state index contributed by atoms with van der Waals surface area (Å²) in [5.41, 5.74) is 6.41. The summed E-state index contributed by atoms with van der Waals surface area (Å²) in [5, 5.41) is 5.62. The maximum atomic E-state index is 12.0. The van der Waals surface area contributed by atoms with Crippen molar-refractivity contribution in [1.29, 1.82) is 0 Å². The van der Waals surface area contributed by atoms with E-state index in [9.17, 15) is 4.79 Å². The first kappa shape index (κ1) is 30.8. The monoisotopic (exact) mass is 489 g/mol. The first-order chi connectivity index (χ1) is 17.2. The summed E-state index contributed by atoms with van der Waals surface area (Å²) in [5.74, 6) is 1.28. The van der Waals surface area contributed by atoms with Crippen molar-refractivity contribution in [1.82, 2.24) is 10.6 Å². The molecule has 1 aromatic rings. The van der Waals surface area contributed by atoms with E-state index in [1.54, 1.807) is 13.3 Å². The Bertz CT molecular complexity index is 679. The summed E-state index contributed by atoms with van der Waals surface area (Å²) in [6.07, 6.45) is 23.9. The van der Waals surface area contributed by atoms with Crippen LogP contribution < -0.4 is 25.8 Å². The molecule has 6 heteroatoms. The number of nitrogens with two attached hydrogens (primary N) is 1. The topological polar surface area (TPSA) is 85.6 Å². The minimum absolute atomic E-state index is 0.218. The second kappa shape index (κ2) is 22.3. The van der Waals surface area contributed by atoms with Gasteiger partial charge in [-0.2, -0.15) is 0 Å². The molecule has 0 saturated heterocycles. The van der Waals surface area contributed by atoms with Crippen LogP contribution in [0.5, 0.6) is 11.5 Å². The molecule has 1 aromatic carbocycles. The van der Waals surface area contributed by atoms with Crippen molar-refractivity contribution in [2.75, 3.05) is 20.3 Å². The number of rotatable bonds is 22. The van der Waals surface area contributed by atoms with Gasteiger partial charge in [0.1, 0.15) is 6.61 Å². The first-order valence-corrected chi connectivity index (χ1v) is 13.9. The zero-order valence-electron chi connectivity index (χ0n) is 22.4. The van der Waals surface area contributed by atoms with E-state index in [1.807, 2.05) is 24.3 Å². The molecule has 2 amide bonds. The molecule has 0 atom stereocenters. The number of carbonyl (C=O) groups excluding carboxylic acids is 1. The molecule has 0 aliphatic rings. The van der Waals surface area contributed by atoms with E-state index in [0.717, 1.165) is 12.0 Å². The van der Waals surface area contributed by atoms with Gasteiger partial charge >= 0.3 is 6.03 Å². The van der Waals surface area contributed by atoms with Crippen LogP contribution in [0.2, 0.25) is 0 Å². The van der Waals surface area contributed by atoms with Crippen LogP contribution in [0.15, 0.2) is 30.5 Å². The van der Waals surface area contributed by atoms with E-state index in [2.05, 4.69) is 17.6 Å². The molecule has 0 fully saturated rings. The van der Waals surface area contributed by atoms with Gasteiger partial charge in [0.15, 0.2) is 11.5 Å². The van der Waals surface area contributed by atoms with Crippen LogP contribution in [-0.2, 0) is 6.54 Å². The van der Waals surface area contributed by atoms with Crippen molar-refractivity contribution < 1.29 is 14.3 Å². The highest BCUT2D eigenvalue weighted by Gasteiger charge is 2.06. The average Bonchev–Trinajstić information content (AvgIpc) is 2.88. The fourth-order valence-electron chi connectivity index (χ4n) is 4.02. The van der Waals surface area contributed by atoms with Crippen LogP contribution in [0.25, 0.3) is 0 Å². The third-order valence-corrected chi connectivity index (χ3v) is 6.11. The number of hydrogen-bond donors (Lipinski definition) is 3. The molecule has 0 unspecified atom stereocenters. The van der Waals surface area contributed by atoms with E-state index in [4.69, 9.17) is 15.2 Å². The van der Waals surface area contributed by atoms with Gasteiger partial charge in [-0.05, 0) is 30.5 Å². The molecule has 0 saturated carbocycles. The van der Waals surface area contributed by atoms with Crippen LogP contribution in [0.3, 0.4) is 0 Å². The van der Waals surface area contributed by atoms with Crippen LogP contribution in [-0.4, -0.2) is 26.3 Å². The lowest BCUT2D eigenvalue weighted by molar-refractivity contribution is 0.243. The minimum Gasteiger partial charge on any atom is -0.493 e. The number of nitrogens with one attached hydrogen (secondary N) is 2. The number of carbonyl (C=O) groups is 1. The maximum Gasteiger partial charge on any atom is 0.319 e. The Labute approximate surface area is 214 Å². The number of hydrogen-bond acceptors (Lipinski definition) is 4. The van der Waals surface area contributed by atoms with Crippen LogP contribution in [0.4, 0.5) is 4.79 Å². The van der Waals surface area contributed by atoms with Crippen molar-refractivity contribution in [2.45, 2.75) is 110 Å². The number of amides is 2. The van der Waals surface area contributed by atoms with Gasteiger partial charge in [0.05, 0.1) is 7.11 Å². The zero-order chi connectivity index (χ0) is 25.4. The van der Waals surface area contributed by atoms with E-state index >= 15 is 0 Å². The Balaban J connectivity index is 1.98. The molecular weight excluding hydrogens is 438 g/mol. The van der Waals surface area contributed by atoms with Gasteiger partial charge in [0.25, 0.3) is 0 Å². The smallest absolute Gasteiger partial charge is 0.319 e. The van der Waals surface area contributed by atoms with Crippen LogP contribution in [0, 0.1) is 0 Å². The molecule has 4 N–H and O–H groups in total. The number of allylic oxidation sites excluding steroid dienone is 1. The normalized spacial score (nSPS) is 11.1. The van der Waals surface area contributed by atoms with E-state index in [0.29, 0.717) is 31.2 Å². The van der Waals surface area contributed by atoms with Crippen molar-refractivity contribution >= 4 is 6.03 Å². The summed E-state index contributed by atoms with van der Waals surface area (Å²) >= 11 is 0. The summed E-state index contributed by atoms with van der Waals surface area (Å²) < 4.78 is 10.9. The highest BCUT2D eigenvalue weighted by molar-refractivity contribution is 5.74. The molecule has 0 radical (unpaired) electrons. The lowest BCUT2D eigenvalue weighted by Crippen LogP contribution is -2.31. The lowest BCUT2D eigenvalue weighted by Gasteiger charge is -2.12. The van der Waals surface area contributed by atoms with E-state index in [1.165, 1.54) is 89.9 Å². The third-order valence-electron chi connectivity index (χ3n) is 6.11. The van der Waals surface area contributed by atoms with Gasteiger partial charge in [0.2, 0.25) is 0 Å². The highest BCUT2D eigenvalue weighted by Crippen LogP contribution is 2.27. The quantitative estimate of drug-likeness (QED) is 0.150. The number of benzene rings is 1. The van der Waals surface area contributed by atoms with E-state index in [-0.39, 0.29) is 6.03 Å². The molecule has 0 aliphatic heterocycles. The second-order valence-electron chi connectivity index (χ2n) is 9.24. The van der Waals surface area contributed by atoms with Crippen molar-refractivity contribution in [3.05, 3.63) is 36.0 Å². The Hall–Kier alpha value is -2.21. The Morgan fingerprint density at radius 2 is 1.49 bits per heavy atom. The molecule has 0 bridgehead atoms. The van der Waals surface area contributed by atoms with Crippen molar-refractivity contribution in [3.63, 3.8) is 0 Å². The molecule has 0 aromatic heterocycles. The predicted molar refractivity (Wildman–Crippen MR) is 147 cm³/mol. The Morgan fingerprint density at radius 1 is 0.886 bits per heavy atom. The molecule has 35 heavy (non-hydrogen) atoms. The summed E-state index contributed by atoms with van der Waals surface area (Å²) in [6.45, 7) is 3.56. The van der Waals surface area contributed by atoms with Gasteiger partial charge in [-0.15, -0.1) is 0 Å². The SMILES string of the molecule is CCCCCCCCCCCCCCCCC=CNC(=O)NCc1ccc(OCCN)c(OC)c1. The fourth-order valence-corrected chi connectivity index (χ4v) is 4.02. The van der Waals surface area contributed by atoms with Gasteiger partial charge in [0, 0.05) is 19.3 Å². The average molecular weight is 490 g/mol. The molecule has 0 heterocycles. The van der Waals surface area contributed by atoms with Crippen LogP contribution >= 0.6 is 0 Å². The summed E-state index contributed by atoms with van der Waals surface area (Å²) in [7, 11) is 1.59. The maximum absolute atomic E-state index is 12.0. The van der Waals surface area contributed by atoms with Gasteiger partial charge in [-0.1, -0.05) is 103 Å². The van der Waals surface area contributed by atoms with E-state index < -0.39 is 0 Å². The third kappa shape index (κ3) is 17.0. The largest absolute Gasteiger partial charge is 0.493 e. The highest BCUT2D eigenvalue weighted by atomic mass is 16.5. The second-order valence-corrected chi connectivity index (χ2v) is 9.24. The van der Waals surface area contributed by atoms with Crippen molar-refractivity contribution in [2.24, 2.45) is 5.73 Å². The summed E-state index contributed by atoms with van der Waals surface area (Å²) in [4.78, 5) is 12.0. The van der Waals surface area contributed by atoms with Gasteiger partial charge in [-0.25, -0.2) is 4.79 Å². The molecule has 1 rings (SSSR count). The minimum atomic E-state index is -0.218. The molecule has 0 spiro atoms. The first-order valence-electron chi connectivity index (χ1n) is 13.9. The van der Waals surface area contributed by atoms with Crippen molar-refractivity contribution in [3.8, 4) is 11.5 Å². The Morgan fingerprint density at radius 3 is 2.06 bits per heavy atom. The molecule has 0 aliphatic carbocycles. The lowest BCUT2D eigenvalue weighted by atomic mass is 10.0. The number of methoxy groups -OCH3 is 1. The number of ether oxygens (including phenoxy) is 2. The standard InChI is InChI=1S/C29H51N3O3/c1-3-4-5-6-7-8-9-10-11-12-13-14-15-16-17-18-22-31-29(33)32-25-26-19-20-27(35-23-21-30)28(24-26)34-2/h18-20,22,24H,3-17,21,23,25,30H2,1-2H3,(H2,31,32,33). The predicted octanol–water partition coefficient (Wildman–Crippen LogP) is 7.22. The fraction of sp³-hybridized carbons (Fsp3) is 0.690. The molecular formula is C29H51N3O3. The van der Waals surface area contributed by atoms with Gasteiger partial charge < -0.3 is 25.8 Å². The molecule has 6 nitrogen and oxygen atoms in total.